The van der Waals surface area contributed by atoms with Crippen LogP contribution in [0.2, 0.25) is 0 Å². The Balaban J connectivity index is 4.74. The summed E-state index contributed by atoms with van der Waals surface area (Å²) in [5.74, 6) is -2.29. The molecule has 0 saturated carbocycles. The lowest BCUT2D eigenvalue weighted by molar-refractivity contribution is -0.132. The molecule has 0 aromatic heterocycles. The first-order valence-electron chi connectivity index (χ1n) is 11.4. The van der Waals surface area contributed by atoms with Gasteiger partial charge in [-0.05, 0) is 37.0 Å². The van der Waals surface area contributed by atoms with Crippen LogP contribution in [-0.2, 0) is 24.0 Å². The van der Waals surface area contributed by atoms with Crippen LogP contribution in [0.3, 0.4) is 0 Å². The minimum Gasteiger partial charge on any atom is -0.368 e. The third-order valence-corrected chi connectivity index (χ3v) is 4.66. The molecule has 0 saturated heterocycles. The Morgan fingerprint density at radius 1 is 0.636 bits per heavy atom. The van der Waals surface area contributed by atoms with E-state index >= 15 is 0 Å². The van der Waals surface area contributed by atoms with Gasteiger partial charge in [0.1, 0.15) is 12.1 Å². The standard InChI is InChI=1S/C22H42N6O5/c1-12(2)7-15(23)21(32)26-10-18(29)25-11-19(30)27-17(9-14(5)6)22(33)28-16(20(24)31)8-13(3)4/h12-17H,7-11,23H2,1-6H3,(H2,24,31)(H,25,29)(H,26,32)(H,27,30)(H,28,33). The van der Waals surface area contributed by atoms with Crippen molar-refractivity contribution >= 4 is 29.5 Å². The molecule has 5 amide bonds. The molecule has 0 aliphatic rings. The molecule has 0 aromatic carbocycles. The minimum atomic E-state index is -0.892. The fourth-order valence-corrected chi connectivity index (χ4v) is 3.09. The van der Waals surface area contributed by atoms with Crippen LogP contribution in [0, 0.1) is 17.8 Å². The van der Waals surface area contributed by atoms with E-state index < -0.39 is 47.7 Å². The van der Waals surface area contributed by atoms with Crippen LogP contribution in [0.4, 0.5) is 0 Å². The largest absolute Gasteiger partial charge is 0.368 e. The van der Waals surface area contributed by atoms with Crippen LogP contribution in [-0.4, -0.2) is 60.8 Å². The topological polar surface area (TPSA) is 186 Å². The maximum Gasteiger partial charge on any atom is 0.243 e. The summed E-state index contributed by atoms with van der Waals surface area (Å²) in [5.41, 5.74) is 11.1. The molecule has 190 valence electrons. The molecule has 3 unspecified atom stereocenters. The summed E-state index contributed by atoms with van der Waals surface area (Å²) in [6.45, 7) is 10.8. The molecule has 3 atom stereocenters. The van der Waals surface area contributed by atoms with Crippen LogP contribution in [0.25, 0.3) is 0 Å². The fourth-order valence-electron chi connectivity index (χ4n) is 3.09. The highest BCUT2D eigenvalue weighted by Gasteiger charge is 2.27. The third-order valence-electron chi connectivity index (χ3n) is 4.66. The summed E-state index contributed by atoms with van der Waals surface area (Å²) in [6, 6.07) is -2.44. The molecule has 0 radical (unpaired) electrons. The SMILES string of the molecule is CC(C)CC(N)C(=O)NCC(=O)NCC(=O)NC(CC(C)C)C(=O)NC(CC(C)C)C(N)=O. The van der Waals surface area contributed by atoms with E-state index in [4.69, 9.17) is 11.5 Å². The summed E-state index contributed by atoms with van der Waals surface area (Å²) >= 11 is 0. The molecule has 33 heavy (non-hydrogen) atoms. The predicted molar refractivity (Wildman–Crippen MR) is 125 cm³/mol. The fraction of sp³-hybridized carbons (Fsp3) is 0.773. The molecule has 0 fully saturated rings. The Bertz CT molecular complexity index is 680. The molecule has 0 spiro atoms. The predicted octanol–water partition coefficient (Wildman–Crippen LogP) is -0.861. The van der Waals surface area contributed by atoms with E-state index in [2.05, 4.69) is 21.3 Å². The Morgan fingerprint density at radius 3 is 1.61 bits per heavy atom. The summed E-state index contributed by atoms with van der Waals surface area (Å²) in [6.07, 6.45) is 1.21. The molecule has 8 N–H and O–H groups in total. The van der Waals surface area contributed by atoms with Gasteiger partial charge in [0.25, 0.3) is 0 Å². The van der Waals surface area contributed by atoms with Gasteiger partial charge in [0, 0.05) is 0 Å². The first-order chi connectivity index (χ1) is 15.2. The van der Waals surface area contributed by atoms with Crippen LogP contribution >= 0.6 is 0 Å². The van der Waals surface area contributed by atoms with Crippen molar-refractivity contribution in [2.45, 2.75) is 78.9 Å². The second kappa shape index (κ2) is 15.2. The van der Waals surface area contributed by atoms with Crippen molar-refractivity contribution in [1.82, 2.24) is 21.3 Å². The number of nitrogens with two attached hydrogens (primary N) is 2. The van der Waals surface area contributed by atoms with Gasteiger partial charge in [0.15, 0.2) is 0 Å². The molecule has 0 bridgehead atoms. The first-order valence-corrected chi connectivity index (χ1v) is 11.4. The van der Waals surface area contributed by atoms with E-state index in [1.165, 1.54) is 0 Å². The molecule has 0 aliphatic carbocycles. The Labute approximate surface area is 196 Å². The summed E-state index contributed by atoms with van der Waals surface area (Å²) < 4.78 is 0. The van der Waals surface area contributed by atoms with Gasteiger partial charge in [-0.2, -0.15) is 0 Å². The number of primary amides is 1. The Morgan fingerprint density at radius 2 is 1.12 bits per heavy atom. The summed E-state index contributed by atoms with van der Waals surface area (Å²) in [7, 11) is 0. The lowest BCUT2D eigenvalue weighted by Gasteiger charge is -2.24. The monoisotopic (exact) mass is 470 g/mol. The van der Waals surface area contributed by atoms with Crippen molar-refractivity contribution in [1.29, 1.82) is 0 Å². The van der Waals surface area contributed by atoms with E-state index in [0.29, 0.717) is 19.3 Å². The van der Waals surface area contributed by atoms with Crippen LogP contribution < -0.4 is 32.7 Å². The number of amides is 5. The molecular formula is C22H42N6O5. The quantitative estimate of drug-likeness (QED) is 0.181. The first kappa shape index (κ1) is 30.3. The van der Waals surface area contributed by atoms with Gasteiger partial charge in [0.2, 0.25) is 29.5 Å². The van der Waals surface area contributed by atoms with Crippen LogP contribution in [0.15, 0.2) is 0 Å². The second-order valence-corrected chi connectivity index (χ2v) is 9.57. The van der Waals surface area contributed by atoms with E-state index in [1.807, 2.05) is 41.5 Å². The van der Waals surface area contributed by atoms with Gasteiger partial charge < -0.3 is 32.7 Å². The number of carbonyl (C=O) groups excluding carboxylic acids is 5. The van der Waals surface area contributed by atoms with E-state index in [9.17, 15) is 24.0 Å². The zero-order chi connectivity index (χ0) is 25.7. The highest BCUT2D eigenvalue weighted by molar-refractivity contribution is 5.93. The van der Waals surface area contributed by atoms with Crippen molar-refractivity contribution in [3.05, 3.63) is 0 Å². The number of hydrogen-bond acceptors (Lipinski definition) is 6. The maximum absolute atomic E-state index is 12.7. The van der Waals surface area contributed by atoms with Crippen molar-refractivity contribution < 1.29 is 24.0 Å². The average molecular weight is 471 g/mol. The van der Waals surface area contributed by atoms with Crippen LogP contribution in [0.5, 0.6) is 0 Å². The Hall–Kier alpha value is -2.69. The molecule has 11 heteroatoms. The molecular weight excluding hydrogens is 428 g/mol. The van der Waals surface area contributed by atoms with Gasteiger partial charge in [-0.1, -0.05) is 41.5 Å². The highest BCUT2D eigenvalue weighted by atomic mass is 16.2. The number of hydrogen-bond donors (Lipinski definition) is 6. The van der Waals surface area contributed by atoms with E-state index in [0.717, 1.165) is 0 Å². The van der Waals surface area contributed by atoms with Crippen molar-refractivity contribution in [3.8, 4) is 0 Å². The molecule has 0 rings (SSSR count). The molecule has 0 aliphatic heterocycles. The smallest absolute Gasteiger partial charge is 0.243 e. The van der Waals surface area contributed by atoms with Crippen molar-refractivity contribution in [2.24, 2.45) is 29.2 Å². The zero-order valence-corrected chi connectivity index (χ0v) is 20.7. The van der Waals surface area contributed by atoms with Gasteiger partial charge in [-0.15, -0.1) is 0 Å². The van der Waals surface area contributed by atoms with Gasteiger partial charge in [0.05, 0.1) is 19.1 Å². The van der Waals surface area contributed by atoms with E-state index in [1.54, 1.807) is 0 Å². The van der Waals surface area contributed by atoms with Crippen LogP contribution in [0.1, 0.15) is 60.8 Å². The number of nitrogens with one attached hydrogen (secondary N) is 4. The average Bonchev–Trinajstić information content (AvgIpc) is 2.67. The second-order valence-electron chi connectivity index (χ2n) is 9.57. The normalized spacial score (nSPS) is 13.9. The van der Waals surface area contributed by atoms with Gasteiger partial charge in [-0.3, -0.25) is 24.0 Å². The highest BCUT2D eigenvalue weighted by Crippen LogP contribution is 2.08. The summed E-state index contributed by atoms with van der Waals surface area (Å²) in [4.78, 5) is 60.5. The van der Waals surface area contributed by atoms with E-state index in [-0.39, 0.29) is 30.8 Å². The van der Waals surface area contributed by atoms with Crippen molar-refractivity contribution in [2.75, 3.05) is 13.1 Å². The molecule has 11 nitrogen and oxygen atoms in total. The van der Waals surface area contributed by atoms with Gasteiger partial charge in [-0.25, -0.2) is 0 Å². The lowest BCUT2D eigenvalue weighted by atomic mass is 10.0. The zero-order valence-electron chi connectivity index (χ0n) is 20.7. The lowest BCUT2D eigenvalue weighted by Crippen LogP contribution is -2.55. The number of rotatable bonds is 15. The maximum atomic E-state index is 12.7. The Kier molecular flexibility index (Phi) is 14.0. The van der Waals surface area contributed by atoms with Gasteiger partial charge >= 0.3 is 0 Å². The molecule has 0 aromatic rings. The summed E-state index contributed by atoms with van der Waals surface area (Å²) in [5, 5.41) is 10.0. The number of carbonyl (C=O) groups is 5. The molecule has 0 heterocycles. The van der Waals surface area contributed by atoms with Crippen molar-refractivity contribution in [3.63, 3.8) is 0 Å². The third kappa shape index (κ3) is 14.1. The minimum absolute atomic E-state index is 0.0815.